The van der Waals surface area contributed by atoms with Gasteiger partial charge < -0.3 is 15.3 Å². The summed E-state index contributed by atoms with van der Waals surface area (Å²) in [5, 5.41) is 12.6. The van der Waals surface area contributed by atoms with Gasteiger partial charge in [0.15, 0.2) is 0 Å². The molecule has 0 radical (unpaired) electrons. The number of nitrogens with zero attached hydrogens (tertiary/aromatic N) is 1. The Kier molecular flexibility index (Phi) is 3.89. The zero-order chi connectivity index (χ0) is 10.7. The number of aliphatic hydroxyl groups is 1. The predicted molar refractivity (Wildman–Crippen MR) is 54.9 cm³/mol. The van der Waals surface area contributed by atoms with Crippen molar-refractivity contribution in [2.24, 2.45) is 5.92 Å². The molecule has 2 N–H and O–H groups in total. The molecule has 4 nitrogen and oxygen atoms in total. The number of hydrogen-bond donors (Lipinski definition) is 2. The van der Waals surface area contributed by atoms with Crippen molar-refractivity contribution in [2.45, 2.75) is 31.9 Å². The van der Waals surface area contributed by atoms with Gasteiger partial charge in [-0.2, -0.15) is 0 Å². The number of likely N-dealkylation sites (N-methyl/N-ethyl adjacent to an activating group) is 1. The maximum atomic E-state index is 11.4. The van der Waals surface area contributed by atoms with Crippen LogP contribution in [0.1, 0.15) is 19.8 Å². The van der Waals surface area contributed by atoms with Gasteiger partial charge in [-0.1, -0.05) is 0 Å². The van der Waals surface area contributed by atoms with Gasteiger partial charge in [-0.15, -0.1) is 0 Å². The van der Waals surface area contributed by atoms with Crippen LogP contribution in [0.5, 0.6) is 0 Å². The Morgan fingerprint density at radius 1 is 1.57 bits per heavy atom. The van der Waals surface area contributed by atoms with Crippen molar-refractivity contribution in [1.82, 2.24) is 10.2 Å². The summed E-state index contributed by atoms with van der Waals surface area (Å²) in [5.74, 6) is 0.511. The minimum Gasteiger partial charge on any atom is -0.392 e. The summed E-state index contributed by atoms with van der Waals surface area (Å²) in [6.07, 6.45) is 1.96. The summed E-state index contributed by atoms with van der Waals surface area (Å²) < 4.78 is 0. The van der Waals surface area contributed by atoms with Crippen LogP contribution in [-0.4, -0.2) is 48.7 Å². The van der Waals surface area contributed by atoms with Gasteiger partial charge in [-0.3, -0.25) is 4.79 Å². The first-order chi connectivity index (χ1) is 6.52. The first-order valence-corrected chi connectivity index (χ1v) is 5.15. The molecule has 1 aliphatic rings. The summed E-state index contributed by atoms with van der Waals surface area (Å²) >= 11 is 0. The topological polar surface area (TPSA) is 52.6 Å². The highest BCUT2D eigenvalue weighted by molar-refractivity contribution is 5.80. The Labute approximate surface area is 85.3 Å². The fraction of sp³-hybridized carbons (Fsp3) is 0.900. The third-order valence-electron chi connectivity index (χ3n) is 2.61. The van der Waals surface area contributed by atoms with E-state index >= 15 is 0 Å². The second kappa shape index (κ2) is 4.75. The average Bonchev–Trinajstić information content (AvgIpc) is 2.95. The molecule has 2 unspecified atom stereocenters. The Hall–Kier alpha value is -0.610. The van der Waals surface area contributed by atoms with Crippen LogP contribution in [0, 0.1) is 5.92 Å². The molecule has 1 amide bonds. The highest BCUT2D eigenvalue weighted by Gasteiger charge is 2.30. The number of carbonyl (C=O) groups excluding carboxylic acids is 1. The molecule has 1 fully saturated rings. The van der Waals surface area contributed by atoms with Crippen LogP contribution >= 0.6 is 0 Å². The average molecular weight is 200 g/mol. The fourth-order valence-electron chi connectivity index (χ4n) is 1.42. The highest BCUT2D eigenvalue weighted by atomic mass is 16.3. The molecule has 0 heterocycles. The number of aliphatic hydroxyl groups excluding tert-OH is 1. The molecule has 4 heteroatoms. The third-order valence-corrected chi connectivity index (χ3v) is 2.61. The molecular formula is C10H20N2O2. The second-order valence-electron chi connectivity index (χ2n) is 4.27. The molecule has 0 bridgehead atoms. The lowest BCUT2D eigenvalue weighted by Crippen LogP contribution is -2.44. The molecule has 82 valence electrons. The minimum absolute atomic E-state index is 0.0491. The number of hydrogen-bond acceptors (Lipinski definition) is 3. The van der Waals surface area contributed by atoms with Gasteiger partial charge in [0.25, 0.3) is 0 Å². The van der Waals surface area contributed by atoms with Gasteiger partial charge in [-0.05, 0) is 25.7 Å². The van der Waals surface area contributed by atoms with Crippen molar-refractivity contribution in [1.29, 1.82) is 0 Å². The SMILES string of the molecule is CC(NCC(O)C1CC1)C(=O)N(C)C. The van der Waals surface area contributed by atoms with E-state index in [1.807, 2.05) is 6.92 Å². The van der Waals surface area contributed by atoms with Gasteiger partial charge in [0, 0.05) is 20.6 Å². The van der Waals surface area contributed by atoms with Gasteiger partial charge in [0.2, 0.25) is 5.91 Å². The molecule has 0 aliphatic heterocycles. The molecule has 0 aromatic heterocycles. The largest absolute Gasteiger partial charge is 0.392 e. The van der Waals surface area contributed by atoms with Crippen LogP contribution in [0.2, 0.25) is 0 Å². The normalized spacial score (nSPS) is 20.3. The lowest BCUT2D eigenvalue weighted by molar-refractivity contribution is -0.130. The zero-order valence-corrected chi connectivity index (χ0v) is 9.16. The predicted octanol–water partition coefficient (Wildman–Crippen LogP) is -0.176. The summed E-state index contributed by atoms with van der Waals surface area (Å²) in [5.41, 5.74) is 0. The fourth-order valence-corrected chi connectivity index (χ4v) is 1.42. The quantitative estimate of drug-likeness (QED) is 0.647. The van der Waals surface area contributed by atoms with Crippen molar-refractivity contribution in [3.63, 3.8) is 0 Å². The van der Waals surface area contributed by atoms with E-state index in [2.05, 4.69) is 5.32 Å². The molecule has 14 heavy (non-hydrogen) atoms. The molecule has 1 aliphatic carbocycles. The Morgan fingerprint density at radius 3 is 2.57 bits per heavy atom. The van der Waals surface area contributed by atoms with E-state index in [-0.39, 0.29) is 18.1 Å². The summed E-state index contributed by atoms with van der Waals surface area (Å²) in [6.45, 7) is 2.34. The van der Waals surface area contributed by atoms with Gasteiger partial charge in [0.05, 0.1) is 12.1 Å². The molecule has 0 spiro atoms. The van der Waals surface area contributed by atoms with Crippen molar-refractivity contribution in [3.8, 4) is 0 Å². The number of carbonyl (C=O) groups is 1. The number of rotatable bonds is 5. The third kappa shape index (κ3) is 3.27. The molecule has 0 saturated heterocycles. The van der Waals surface area contributed by atoms with Crippen molar-refractivity contribution < 1.29 is 9.90 Å². The first kappa shape index (κ1) is 11.5. The van der Waals surface area contributed by atoms with Crippen LogP contribution in [0.25, 0.3) is 0 Å². The lowest BCUT2D eigenvalue weighted by Gasteiger charge is -2.19. The zero-order valence-electron chi connectivity index (χ0n) is 9.16. The van der Waals surface area contributed by atoms with E-state index in [4.69, 9.17) is 0 Å². The van der Waals surface area contributed by atoms with Gasteiger partial charge >= 0.3 is 0 Å². The number of amides is 1. The van der Waals surface area contributed by atoms with E-state index in [1.165, 1.54) is 0 Å². The first-order valence-electron chi connectivity index (χ1n) is 5.15. The van der Waals surface area contributed by atoms with E-state index in [0.29, 0.717) is 12.5 Å². The monoisotopic (exact) mass is 200 g/mol. The Balaban J connectivity index is 2.19. The maximum absolute atomic E-state index is 11.4. The molecule has 1 rings (SSSR count). The van der Waals surface area contributed by atoms with Crippen LogP contribution in [-0.2, 0) is 4.79 Å². The van der Waals surface area contributed by atoms with Crippen molar-refractivity contribution in [3.05, 3.63) is 0 Å². The second-order valence-corrected chi connectivity index (χ2v) is 4.27. The smallest absolute Gasteiger partial charge is 0.238 e. The standard InChI is InChI=1S/C10H20N2O2/c1-7(10(14)12(2)3)11-6-9(13)8-4-5-8/h7-9,11,13H,4-6H2,1-3H3. The van der Waals surface area contributed by atoms with Crippen LogP contribution in [0.3, 0.4) is 0 Å². The van der Waals surface area contributed by atoms with Crippen LogP contribution in [0.15, 0.2) is 0 Å². The minimum atomic E-state index is -0.285. The molecule has 0 aromatic rings. The van der Waals surface area contributed by atoms with Crippen LogP contribution in [0.4, 0.5) is 0 Å². The highest BCUT2D eigenvalue weighted by Crippen LogP contribution is 2.32. The molecular weight excluding hydrogens is 180 g/mol. The summed E-state index contributed by atoms with van der Waals surface area (Å²) in [4.78, 5) is 13.0. The van der Waals surface area contributed by atoms with E-state index < -0.39 is 0 Å². The van der Waals surface area contributed by atoms with E-state index in [0.717, 1.165) is 12.8 Å². The maximum Gasteiger partial charge on any atom is 0.238 e. The van der Waals surface area contributed by atoms with E-state index in [9.17, 15) is 9.90 Å². The Bertz CT molecular complexity index is 202. The summed E-state index contributed by atoms with van der Waals surface area (Å²) in [6, 6.07) is -0.210. The van der Waals surface area contributed by atoms with Gasteiger partial charge in [-0.25, -0.2) is 0 Å². The molecule has 0 aromatic carbocycles. The van der Waals surface area contributed by atoms with Crippen LogP contribution < -0.4 is 5.32 Å². The summed E-state index contributed by atoms with van der Waals surface area (Å²) in [7, 11) is 3.47. The van der Waals surface area contributed by atoms with Crippen molar-refractivity contribution >= 4 is 5.91 Å². The van der Waals surface area contributed by atoms with Crippen molar-refractivity contribution in [2.75, 3.05) is 20.6 Å². The molecule has 2 atom stereocenters. The lowest BCUT2D eigenvalue weighted by atomic mass is 10.2. The number of nitrogens with one attached hydrogen (secondary N) is 1. The molecule has 1 saturated carbocycles. The Morgan fingerprint density at radius 2 is 2.14 bits per heavy atom. The van der Waals surface area contributed by atoms with E-state index in [1.54, 1.807) is 19.0 Å². The van der Waals surface area contributed by atoms with Gasteiger partial charge in [0.1, 0.15) is 0 Å².